The normalized spacial score (nSPS) is 14.6. The monoisotopic (exact) mass is 369 g/mol. The van der Waals surface area contributed by atoms with E-state index in [9.17, 15) is 14.4 Å². The van der Waals surface area contributed by atoms with Crippen molar-refractivity contribution in [1.29, 1.82) is 0 Å². The number of carbonyl (C=O) groups is 2. The van der Waals surface area contributed by atoms with Gasteiger partial charge in [-0.15, -0.1) is 0 Å². The Morgan fingerprint density at radius 1 is 1.19 bits per heavy atom. The van der Waals surface area contributed by atoms with Crippen molar-refractivity contribution in [3.05, 3.63) is 58.5 Å². The molecular formula is C20H23N3O4. The smallest absolute Gasteiger partial charge is 0.409 e. The predicted octanol–water partition coefficient (Wildman–Crippen LogP) is 2.39. The van der Waals surface area contributed by atoms with E-state index in [0.717, 1.165) is 5.56 Å². The van der Waals surface area contributed by atoms with Crippen molar-refractivity contribution in [3.8, 4) is 11.1 Å². The van der Waals surface area contributed by atoms with Gasteiger partial charge in [-0.25, -0.2) is 4.79 Å². The molecule has 3 rings (SSSR count). The molecule has 0 spiro atoms. The van der Waals surface area contributed by atoms with E-state index in [1.807, 2.05) is 30.3 Å². The van der Waals surface area contributed by atoms with Crippen molar-refractivity contribution in [3.63, 3.8) is 0 Å². The summed E-state index contributed by atoms with van der Waals surface area (Å²) in [5.41, 5.74) is 1.10. The molecule has 0 atom stereocenters. The summed E-state index contributed by atoms with van der Waals surface area (Å²) in [5, 5.41) is 2.94. The van der Waals surface area contributed by atoms with Crippen LogP contribution in [0.15, 0.2) is 47.4 Å². The molecule has 2 amide bonds. The first-order valence-corrected chi connectivity index (χ1v) is 9.09. The van der Waals surface area contributed by atoms with E-state index < -0.39 is 11.5 Å². The van der Waals surface area contributed by atoms with E-state index in [2.05, 4.69) is 10.3 Å². The molecule has 2 N–H and O–H groups in total. The number of aromatic nitrogens is 1. The number of aromatic amines is 1. The average molecular weight is 369 g/mol. The number of nitrogens with one attached hydrogen (secondary N) is 2. The molecule has 2 aromatic rings. The number of hydrogen-bond donors (Lipinski definition) is 2. The minimum absolute atomic E-state index is 0.0913. The largest absolute Gasteiger partial charge is 0.450 e. The van der Waals surface area contributed by atoms with Crippen molar-refractivity contribution in [2.45, 2.75) is 25.8 Å². The van der Waals surface area contributed by atoms with Crippen molar-refractivity contribution < 1.29 is 14.3 Å². The number of likely N-dealkylation sites (tertiary alicyclic amines) is 1. The maximum atomic E-state index is 12.8. The van der Waals surface area contributed by atoms with Crippen molar-refractivity contribution >= 4 is 12.0 Å². The van der Waals surface area contributed by atoms with Crippen LogP contribution in [0.2, 0.25) is 0 Å². The summed E-state index contributed by atoms with van der Waals surface area (Å²) in [6.45, 7) is 3.14. The Labute approximate surface area is 157 Å². The molecule has 1 fully saturated rings. The second kappa shape index (κ2) is 8.53. The fourth-order valence-electron chi connectivity index (χ4n) is 3.24. The second-order valence-electron chi connectivity index (χ2n) is 6.40. The van der Waals surface area contributed by atoms with Gasteiger partial charge in [-0.1, -0.05) is 30.3 Å². The van der Waals surface area contributed by atoms with Crippen LogP contribution in [-0.2, 0) is 4.74 Å². The minimum Gasteiger partial charge on any atom is -0.450 e. The van der Waals surface area contributed by atoms with Gasteiger partial charge in [0.1, 0.15) is 5.56 Å². The third-order valence-electron chi connectivity index (χ3n) is 4.63. The highest BCUT2D eigenvalue weighted by atomic mass is 16.6. The van der Waals surface area contributed by atoms with Crippen LogP contribution in [0.3, 0.4) is 0 Å². The Morgan fingerprint density at radius 3 is 2.56 bits per heavy atom. The third kappa shape index (κ3) is 4.36. The van der Waals surface area contributed by atoms with Crippen LogP contribution in [0.4, 0.5) is 4.79 Å². The van der Waals surface area contributed by atoms with Crippen LogP contribution >= 0.6 is 0 Å². The van der Waals surface area contributed by atoms with E-state index in [0.29, 0.717) is 38.1 Å². The lowest BCUT2D eigenvalue weighted by molar-refractivity contribution is 0.0859. The zero-order valence-electron chi connectivity index (χ0n) is 15.2. The molecule has 142 valence electrons. The standard InChI is InChI=1S/C20H23N3O4/c1-2-27-20(26)23-12-9-15(10-13-23)22-19(25)17-16(8-11-21-18(17)24)14-6-4-3-5-7-14/h3-8,11,15H,2,9-10,12-13H2,1H3,(H,21,24)(H,22,25). The molecule has 27 heavy (non-hydrogen) atoms. The first-order valence-electron chi connectivity index (χ1n) is 9.09. The third-order valence-corrected chi connectivity index (χ3v) is 4.63. The molecule has 0 radical (unpaired) electrons. The molecule has 2 heterocycles. The van der Waals surface area contributed by atoms with E-state index in [-0.39, 0.29) is 17.7 Å². The molecule has 1 aliphatic heterocycles. The van der Waals surface area contributed by atoms with Crippen LogP contribution in [0.1, 0.15) is 30.1 Å². The fraction of sp³-hybridized carbons (Fsp3) is 0.350. The van der Waals surface area contributed by atoms with Gasteiger partial charge in [-0.3, -0.25) is 9.59 Å². The van der Waals surface area contributed by atoms with Crippen LogP contribution in [0.25, 0.3) is 11.1 Å². The number of nitrogens with zero attached hydrogens (tertiary/aromatic N) is 1. The molecule has 0 unspecified atom stereocenters. The highest BCUT2D eigenvalue weighted by Gasteiger charge is 2.26. The minimum atomic E-state index is -0.419. The molecule has 1 saturated heterocycles. The number of pyridine rings is 1. The van der Waals surface area contributed by atoms with Gasteiger partial charge in [-0.2, -0.15) is 0 Å². The Kier molecular flexibility index (Phi) is 5.90. The average Bonchev–Trinajstić information content (AvgIpc) is 2.69. The number of piperidine rings is 1. The Hall–Kier alpha value is -3.09. The number of benzene rings is 1. The molecule has 7 heteroatoms. The summed E-state index contributed by atoms with van der Waals surface area (Å²) in [4.78, 5) is 41.1. The van der Waals surface area contributed by atoms with Crippen molar-refractivity contribution in [2.75, 3.05) is 19.7 Å². The van der Waals surface area contributed by atoms with Gasteiger partial charge in [0.2, 0.25) is 0 Å². The number of amides is 2. The van der Waals surface area contributed by atoms with E-state index in [1.165, 1.54) is 0 Å². The summed E-state index contributed by atoms with van der Waals surface area (Å²) in [7, 11) is 0. The van der Waals surface area contributed by atoms with Crippen molar-refractivity contribution in [1.82, 2.24) is 15.2 Å². The van der Waals surface area contributed by atoms with Crippen LogP contribution in [-0.4, -0.2) is 47.6 Å². The first-order chi connectivity index (χ1) is 13.1. The number of carbonyl (C=O) groups excluding carboxylic acids is 2. The van der Waals surface area contributed by atoms with Crippen LogP contribution in [0, 0.1) is 0 Å². The number of hydrogen-bond acceptors (Lipinski definition) is 4. The summed E-state index contributed by atoms with van der Waals surface area (Å²) >= 11 is 0. The number of H-pyrrole nitrogens is 1. The first kappa shape index (κ1) is 18.7. The topological polar surface area (TPSA) is 91.5 Å². The molecule has 0 bridgehead atoms. The highest BCUT2D eigenvalue weighted by molar-refractivity contribution is 6.00. The summed E-state index contributed by atoms with van der Waals surface area (Å²) in [6.07, 6.45) is 2.46. The zero-order valence-corrected chi connectivity index (χ0v) is 15.2. The summed E-state index contributed by atoms with van der Waals surface area (Å²) in [6, 6.07) is 11.0. The zero-order chi connectivity index (χ0) is 19.2. The van der Waals surface area contributed by atoms with Crippen LogP contribution in [0.5, 0.6) is 0 Å². The van der Waals surface area contributed by atoms with Crippen molar-refractivity contribution in [2.24, 2.45) is 0 Å². The van der Waals surface area contributed by atoms with E-state index >= 15 is 0 Å². The van der Waals surface area contributed by atoms with Gasteiger partial charge in [0.15, 0.2) is 0 Å². The fourth-order valence-corrected chi connectivity index (χ4v) is 3.24. The Bertz CT molecular complexity index is 855. The van der Waals surface area contributed by atoms with E-state index in [4.69, 9.17) is 4.74 Å². The molecular weight excluding hydrogens is 346 g/mol. The molecule has 7 nitrogen and oxygen atoms in total. The van der Waals surface area contributed by atoms with Gasteiger partial charge in [0.25, 0.3) is 11.5 Å². The maximum Gasteiger partial charge on any atom is 0.409 e. The Morgan fingerprint density at radius 2 is 1.89 bits per heavy atom. The molecule has 1 aliphatic rings. The van der Waals surface area contributed by atoms with Gasteiger partial charge < -0.3 is 19.9 Å². The highest BCUT2D eigenvalue weighted by Crippen LogP contribution is 2.21. The van der Waals surface area contributed by atoms with E-state index in [1.54, 1.807) is 24.1 Å². The predicted molar refractivity (Wildman–Crippen MR) is 102 cm³/mol. The van der Waals surface area contributed by atoms with Gasteiger partial charge in [-0.05, 0) is 31.4 Å². The van der Waals surface area contributed by atoms with Gasteiger partial charge >= 0.3 is 6.09 Å². The Balaban J connectivity index is 1.71. The quantitative estimate of drug-likeness (QED) is 0.866. The van der Waals surface area contributed by atoms with Crippen LogP contribution < -0.4 is 10.9 Å². The number of ether oxygens (including phenoxy) is 1. The molecule has 0 aliphatic carbocycles. The van der Waals surface area contributed by atoms with Gasteiger partial charge in [0.05, 0.1) is 6.61 Å². The molecule has 1 aromatic carbocycles. The second-order valence-corrected chi connectivity index (χ2v) is 6.40. The lowest BCUT2D eigenvalue weighted by Gasteiger charge is -2.31. The lowest BCUT2D eigenvalue weighted by atomic mass is 10.00. The maximum absolute atomic E-state index is 12.8. The molecule has 0 saturated carbocycles. The lowest BCUT2D eigenvalue weighted by Crippen LogP contribution is -2.47. The molecule has 1 aromatic heterocycles. The summed E-state index contributed by atoms with van der Waals surface area (Å²) in [5.74, 6) is -0.398. The number of rotatable bonds is 4. The summed E-state index contributed by atoms with van der Waals surface area (Å²) < 4.78 is 5.00. The SMILES string of the molecule is CCOC(=O)N1CCC(NC(=O)c2c(-c3ccccc3)cc[nH]c2=O)CC1. The van der Waals surface area contributed by atoms with Gasteiger partial charge in [0, 0.05) is 30.9 Å².